The van der Waals surface area contributed by atoms with Crippen LogP contribution in [-0.2, 0) is 17.9 Å². The summed E-state index contributed by atoms with van der Waals surface area (Å²) in [5, 5.41) is 17.6. The maximum Gasteiger partial charge on any atom is 0.306 e. The zero-order valence-electron chi connectivity index (χ0n) is 12.0. The van der Waals surface area contributed by atoms with Crippen LogP contribution in [0.3, 0.4) is 0 Å². The lowest BCUT2D eigenvalue weighted by Crippen LogP contribution is -2.29. The quantitative estimate of drug-likeness (QED) is 0.847. The summed E-state index contributed by atoms with van der Waals surface area (Å²) >= 11 is 6.25. The largest absolute Gasteiger partial charge is 0.481 e. The number of nitrogens with one attached hydrogen (secondary N) is 1. The van der Waals surface area contributed by atoms with E-state index < -0.39 is 5.97 Å². The number of rotatable bonds is 6. The molecule has 112 valence electrons. The molecule has 1 aliphatic carbocycles. The van der Waals surface area contributed by atoms with Gasteiger partial charge in [0.25, 0.3) is 0 Å². The van der Waals surface area contributed by atoms with Crippen molar-refractivity contribution < 1.29 is 9.90 Å². The number of carbonyl (C=O) groups is 1. The van der Waals surface area contributed by atoms with Crippen molar-refractivity contribution in [3.8, 4) is 0 Å². The molecule has 2 rings (SSSR count). The molecule has 0 spiro atoms. The number of nitrogens with zero attached hydrogens (tertiary/aromatic N) is 2. The molecule has 1 saturated carbocycles. The van der Waals surface area contributed by atoms with Gasteiger partial charge in [-0.15, -0.1) is 0 Å². The predicted octanol–water partition coefficient (Wildman–Crippen LogP) is 2.46. The number of hydrogen-bond donors (Lipinski definition) is 2. The van der Waals surface area contributed by atoms with Crippen LogP contribution in [0.1, 0.15) is 37.6 Å². The van der Waals surface area contributed by atoms with Gasteiger partial charge in [0.15, 0.2) is 0 Å². The predicted molar refractivity (Wildman–Crippen MR) is 77.8 cm³/mol. The fourth-order valence-electron chi connectivity index (χ4n) is 3.02. The molecule has 0 aliphatic heterocycles. The fraction of sp³-hybridized carbons (Fsp3) is 0.714. The van der Waals surface area contributed by atoms with Crippen molar-refractivity contribution in [1.29, 1.82) is 0 Å². The van der Waals surface area contributed by atoms with Gasteiger partial charge in [-0.1, -0.05) is 18.0 Å². The number of carboxylic acids is 1. The second kappa shape index (κ2) is 6.59. The Labute approximate surface area is 124 Å². The standard InChI is InChI=1S/C14H22ClN3O2/c1-3-18-12(13(15)9(2)17-18)8-16-7-10-5-4-6-11(10)14(19)20/h10-11,16H,3-8H2,1-2H3,(H,19,20). The number of hydrogen-bond acceptors (Lipinski definition) is 3. The van der Waals surface area contributed by atoms with Crippen molar-refractivity contribution in [3.63, 3.8) is 0 Å². The first kappa shape index (κ1) is 15.3. The van der Waals surface area contributed by atoms with Crippen LogP contribution in [0.25, 0.3) is 0 Å². The summed E-state index contributed by atoms with van der Waals surface area (Å²) in [6.45, 7) is 6.07. The van der Waals surface area contributed by atoms with Gasteiger partial charge in [0.2, 0.25) is 0 Å². The first-order valence-corrected chi connectivity index (χ1v) is 7.57. The van der Waals surface area contributed by atoms with Crippen LogP contribution in [0.4, 0.5) is 0 Å². The molecule has 1 aromatic heterocycles. The van der Waals surface area contributed by atoms with Gasteiger partial charge in [0.05, 0.1) is 22.3 Å². The third kappa shape index (κ3) is 3.15. The second-order valence-corrected chi connectivity index (χ2v) is 5.81. The SMILES string of the molecule is CCn1nc(C)c(Cl)c1CNCC1CCCC1C(=O)O. The van der Waals surface area contributed by atoms with Crippen molar-refractivity contribution in [2.75, 3.05) is 6.54 Å². The lowest BCUT2D eigenvalue weighted by atomic mass is 9.96. The van der Waals surface area contributed by atoms with Gasteiger partial charge in [-0.2, -0.15) is 5.10 Å². The third-order valence-electron chi connectivity index (χ3n) is 4.13. The van der Waals surface area contributed by atoms with Crippen LogP contribution in [0.15, 0.2) is 0 Å². The molecule has 2 N–H and O–H groups in total. The van der Waals surface area contributed by atoms with Crippen LogP contribution in [0, 0.1) is 18.8 Å². The molecule has 0 bridgehead atoms. The molecule has 20 heavy (non-hydrogen) atoms. The smallest absolute Gasteiger partial charge is 0.306 e. The minimum atomic E-state index is -0.665. The van der Waals surface area contributed by atoms with Gasteiger partial charge in [0.1, 0.15) is 0 Å². The van der Waals surface area contributed by atoms with Crippen LogP contribution < -0.4 is 5.32 Å². The first-order chi connectivity index (χ1) is 9.54. The lowest BCUT2D eigenvalue weighted by Gasteiger charge is -2.16. The van der Waals surface area contributed by atoms with Gasteiger partial charge in [0, 0.05) is 13.1 Å². The van der Waals surface area contributed by atoms with E-state index in [1.54, 1.807) is 0 Å². The van der Waals surface area contributed by atoms with Crippen LogP contribution in [-0.4, -0.2) is 27.4 Å². The maximum atomic E-state index is 11.1. The lowest BCUT2D eigenvalue weighted by molar-refractivity contribution is -0.142. The summed E-state index contributed by atoms with van der Waals surface area (Å²) in [4.78, 5) is 11.1. The number of halogens is 1. The Bertz CT molecular complexity index is 487. The number of aryl methyl sites for hydroxylation is 2. The molecule has 2 unspecified atom stereocenters. The first-order valence-electron chi connectivity index (χ1n) is 7.19. The molecule has 1 heterocycles. The number of aliphatic carboxylic acids is 1. The van der Waals surface area contributed by atoms with Gasteiger partial charge in [-0.25, -0.2) is 0 Å². The highest BCUT2D eigenvalue weighted by atomic mass is 35.5. The Morgan fingerprint density at radius 1 is 1.55 bits per heavy atom. The van der Waals surface area contributed by atoms with E-state index in [-0.39, 0.29) is 11.8 Å². The van der Waals surface area contributed by atoms with E-state index in [1.165, 1.54) is 0 Å². The average Bonchev–Trinajstić information content (AvgIpc) is 2.98. The highest BCUT2D eigenvalue weighted by molar-refractivity contribution is 6.31. The van der Waals surface area contributed by atoms with E-state index in [4.69, 9.17) is 16.7 Å². The van der Waals surface area contributed by atoms with Crippen molar-refractivity contribution >= 4 is 17.6 Å². The minimum absolute atomic E-state index is 0.198. The third-order valence-corrected chi connectivity index (χ3v) is 4.62. The highest BCUT2D eigenvalue weighted by Crippen LogP contribution is 2.31. The average molecular weight is 300 g/mol. The van der Waals surface area contributed by atoms with Gasteiger partial charge < -0.3 is 10.4 Å². The Kier molecular flexibility index (Phi) is 5.05. The van der Waals surface area contributed by atoms with Gasteiger partial charge in [-0.3, -0.25) is 9.48 Å². The van der Waals surface area contributed by atoms with E-state index in [0.29, 0.717) is 11.6 Å². The normalized spacial score (nSPS) is 22.4. The molecular weight excluding hydrogens is 278 g/mol. The van der Waals surface area contributed by atoms with E-state index in [0.717, 1.165) is 43.7 Å². The second-order valence-electron chi connectivity index (χ2n) is 5.43. The Hall–Kier alpha value is -1.07. The van der Waals surface area contributed by atoms with Gasteiger partial charge in [-0.05, 0) is 39.2 Å². The van der Waals surface area contributed by atoms with Crippen molar-refractivity contribution in [2.45, 2.75) is 46.2 Å². The molecule has 0 amide bonds. The molecular formula is C14H22ClN3O2. The molecule has 1 fully saturated rings. The number of aromatic nitrogens is 2. The monoisotopic (exact) mass is 299 g/mol. The van der Waals surface area contributed by atoms with E-state index >= 15 is 0 Å². The molecule has 0 saturated heterocycles. The molecule has 6 heteroatoms. The summed E-state index contributed by atoms with van der Waals surface area (Å²) in [6, 6.07) is 0. The molecule has 2 atom stereocenters. The van der Waals surface area contributed by atoms with Crippen LogP contribution in [0.2, 0.25) is 5.02 Å². The number of carboxylic acid groups (broad SMARTS) is 1. The summed E-state index contributed by atoms with van der Waals surface area (Å²) < 4.78 is 1.90. The summed E-state index contributed by atoms with van der Waals surface area (Å²) in [5.74, 6) is -0.636. The molecule has 1 aromatic rings. The van der Waals surface area contributed by atoms with Crippen LogP contribution in [0.5, 0.6) is 0 Å². The Morgan fingerprint density at radius 3 is 2.95 bits per heavy atom. The maximum absolute atomic E-state index is 11.1. The van der Waals surface area contributed by atoms with Crippen molar-refractivity contribution in [2.24, 2.45) is 11.8 Å². The van der Waals surface area contributed by atoms with Crippen molar-refractivity contribution in [3.05, 3.63) is 16.4 Å². The Balaban J connectivity index is 1.91. The van der Waals surface area contributed by atoms with E-state index in [1.807, 2.05) is 18.5 Å². The van der Waals surface area contributed by atoms with Gasteiger partial charge >= 0.3 is 5.97 Å². The fourth-order valence-corrected chi connectivity index (χ4v) is 3.22. The Morgan fingerprint density at radius 2 is 2.30 bits per heavy atom. The molecule has 0 radical (unpaired) electrons. The molecule has 0 aromatic carbocycles. The molecule has 1 aliphatic rings. The topological polar surface area (TPSA) is 67.2 Å². The summed E-state index contributed by atoms with van der Waals surface area (Å²) in [6.07, 6.45) is 2.80. The van der Waals surface area contributed by atoms with Crippen molar-refractivity contribution in [1.82, 2.24) is 15.1 Å². The molecule has 5 nitrogen and oxygen atoms in total. The van der Waals surface area contributed by atoms with E-state index in [9.17, 15) is 4.79 Å². The summed E-state index contributed by atoms with van der Waals surface area (Å²) in [7, 11) is 0. The van der Waals surface area contributed by atoms with E-state index in [2.05, 4.69) is 10.4 Å². The zero-order chi connectivity index (χ0) is 14.7. The minimum Gasteiger partial charge on any atom is -0.481 e. The van der Waals surface area contributed by atoms with Crippen LogP contribution >= 0.6 is 11.6 Å². The zero-order valence-corrected chi connectivity index (χ0v) is 12.8. The highest BCUT2D eigenvalue weighted by Gasteiger charge is 2.32. The summed E-state index contributed by atoms with van der Waals surface area (Å²) in [5.41, 5.74) is 1.83.